The molecule has 1 aliphatic heterocycles. The van der Waals surface area contributed by atoms with Crippen LogP contribution >= 0.6 is 11.8 Å². The Morgan fingerprint density at radius 2 is 2.18 bits per heavy atom. The molecule has 8 heteroatoms. The van der Waals surface area contributed by atoms with Gasteiger partial charge < -0.3 is 20.7 Å². The van der Waals surface area contributed by atoms with E-state index in [1.165, 1.54) is 6.08 Å². The third kappa shape index (κ3) is 5.34. The molecule has 1 aliphatic carbocycles. The number of hydrogen-bond acceptors (Lipinski definition) is 6. The molecule has 0 fully saturated rings. The molecule has 0 radical (unpaired) electrons. The Morgan fingerprint density at radius 3 is 2.97 bits per heavy atom. The lowest BCUT2D eigenvalue weighted by atomic mass is 10.0. The van der Waals surface area contributed by atoms with Crippen molar-refractivity contribution in [1.29, 1.82) is 0 Å². The van der Waals surface area contributed by atoms with Gasteiger partial charge in [0.25, 0.3) is 0 Å². The van der Waals surface area contributed by atoms with Crippen molar-refractivity contribution >= 4 is 34.8 Å². The second kappa shape index (κ2) is 10.6. The quantitative estimate of drug-likeness (QED) is 0.397. The summed E-state index contributed by atoms with van der Waals surface area (Å²) in [7, 11) is 0. The van der Waals surface area contributed by atoms with E-state index in [9.17, 15) is 9.59 Å². The molecule has 0 bridgehead atoms. The van der Waals surface area contributed by atoms with Gasteiger partial charge in [-0.05, 0) is 66.8 Å². The minimum atomic E-state index is -0.308. The van der Waals surface area contributed by atoms with Gasteiger partial charge in [-0.1, -0.05) is 6.58 Å². The van der Waals surface area contributed by atoms with Crippen molar-refractivity contribution in [3.05, 3.63) is 72.1 Å². The zero-order chi connectivity index (χ0) is 24.1. The molecule has 0 saturated heterocycles. The number of ether oxygens (including phenoxy) is 1. The summed E-state index contributed by atoms with van der Waals surface area (Å²) >= 11 is 1.69. The molecule has 2 heterocycles. The maximum atomic E-state index is 12.5. The molecule has 2 aliphatic rings. The van der Waals surface area contributed by atoms with Gasteiger partial charge in [-0.3, -0.25) is 14.6 Å². The van der Waals surface area contributed by atoms with E-state index >= 15 is 0 Å². The van der Waals surface area contributed by atoms with Crippen molar-refractivity contribution in [1.82, 2.24) is 15.6 Å². The number of amides is 2. The Morgan fingerprint density at radius 1 is 1.32 bits per heavy atom. The van der Waals surface area contributed by atoms with Crippen LogP contribution in [0.5, 0.6) is 5.75 Å². The fourth-order valence-corrected chi connectivity index (χ4v) is 4.14. The van der Waals surface area contributed by atoms with Gasteiger partial charge in [-0.25, -0.2) is 0 Å². The highest BCUT2D eigenvalue weighted by Crippen LogP contribution is 2.35. The number of pyridine rings is 1. The maximum Gasteiger partial charge on any atom is 0.249 e. The van der Waals surface area contributed by atoms with Gasteiger partial charge in [0, 0.05) is 47.8 Å². The molecule has 0 unspecified atom stereocenters. The first kappa shape index (κ1) is 23.6. The number of aromatic nitrogens is 1. The molecule has 1 aromatic heterocycles. The summed E-state index contributed by atoms with van der Waals surface area (Å²) in [6.45, 7) is 6.75. The second-order valence-corrected chi connectivity index (χ2v) is 9.15. The summed E-state index contributed by atoms with van der Waals surface area (Å²) in [5.41, 5.74) is 5.88. The van der Waals surface area contributed by atoms with Gasteiger partial charge in [0.05, 0.1) is 18.0 Å². The molecule has 3 N–H and O–H groups in total. The van der Waals surface area contributed by atoms with E-state index in [-0.39, 0.29) is 17.9 Å². The number of carbonyl (C=O) groups excluding carboxylic acids is 2. The van der Waals surface area contributed by atoms with Crippen molar-refractivity contribution in [3.63, 3.8) is 0 Å². The van der Waals surface area contributed by atoms with Crippen LogP contribution in [0.2, 0.25) is 0 Å². The molecule has 0 spiro atoms. The average molecular weight is 477 g/mol. The summed E-state index contributed by atoms with van der Waals surface area (Å²) in [6.07, 6.45) is 7.61. The number of nitrogens with zero attached hydrogens (tertiary/aromatic N) is 1. The number of anilines is 1. The van der Waals surface area contributed by atoms with Crippen LogP contribution in [0.3, 0.4) is 0 Å². The molecule has 4 rings (SSSR count). The number of allylic oxidation sites excluding steroid dienone is 2. The van der Waals surface area contributed by atoms with Crippen molar-refractivity contribution < 1.29 is 14.3 Å². The lowest BCUT2D eigenvalue weighted by Crippen LogP contribution is -2.36. The van der Waals surface area contributed by atoms with E-state index < -0.39 is 0 Å². The molecule has 176 valence electrons. The third-order valence-electron chi connectivity index (χ3n) is 5.66. The lowest BCUT2D eigenvalue weighted by molar-refractivity contribution is -0.118. The SMILES string of the molecule is C=CC(=O)Nc1cc(-c2cc(C3=CC4=C(C3)C(=O)N[C@H](C)CN4)ccn2)ccc1OCCSC. The molecule has 1 aromatic carbocycles. The molecule has 0 saturated carbocycles. The molecule has 1 atom stereocenters. The standard InChI is InChI=1S/C26H28N4O3S/c1-4-25(31)30-23-13-18(5-6-24(23)33-9-10-34-3)21-12-17(7-8-27-21)19-11-20-22(14-19)28-15-16(2)29-26(20)32/h4-8,12-14,16,28H,1,9-11,15H2,2-3H3,(H,29,32)(H,30,31)/t16-/m1/s1. The van der Waals surface area contributed by atoms with Crippen LogP contribution in [-0.2, 0) is 9.59 Å². The summed E-state index contributed by atoms with van der Waals surface area (Å²) in [5.74, 6) is 1.12. The lowest BCUT2D eigenvalue weighted by Gasteiger charge is -2.14. The highest BCUT2D eigenvalue weighted by molar-refractivity contribution is 7.98. The number of carbonyl (C=O) groups is 2. The minimum absolute atomic E-state index is 0.0207. The highest BCUT2D eigenvalue weighted by atomic mass is 32.2. The van der Waals surface area contributed by atoms with Crippen LogP contribution in [0.1, 0.15) is 18.9 Å². The molecule has 34 heavy (non-hydrogen) atoms. The Labute approximate surface area is 203 Å². The van der Waals surface area contributed by atoms with Crippen LogP contribution in [0, 0.1) is 0 Å². The normalized spacial score (nSPS) is 17.2. The smallest absolute Gasteiger partial charge is 0.249 e. The van der Waals surface area contributed by atoms with Gasteiger partial charge in [-0.2, -0.15) is 11.8 Å². The predicted molar refractivity (Wildman–Crippen MR) is 138 cm³/mol. The van der Waals surface area contributed by atoms with Crippen LogP contribution < -0.4 is 20.7 Å². The van der Waals surface area contributed by atoms with Crippen molar-refractivity contribution in [2.24, 2.45) is 0 Å². The van der Waals surface area contributed by atoms with Crippen LogP contribution in [0.4, 0.5) is 5.69 Å². The van der Waals surface area contributed by atoms with Gasteiger partial charge >= 0.3 is 0 Å². The Bertz CT molecular complexity index is 1190. The van der Waals surface area contributed by atoms with Crippen molar-refractivity contribution in [2.75, 3.05) is 30.5 Å². The Hall–Kier alpha value is -3.52. The van der Waals surface area contributed by atoms with Crippen molar-refractivity contribution in [2.45, 2.75) is 19.4 Å². The number of thioether (sulfide) groups is 1. The van der Waals surface area contributed by atoms with Crippen LogP contribution in [0.25, 0.3) is 16.8 Å². The molecular formula is C26H28N4O3S. The van der Waals surface area contributed by atoms with E-state index in [4.69, 9.17) is 4.74 Å². The fourth-order valence-electron chi connectivity index (χ4n) is 3.89. The zero-order valence-corrected chi connectivity index (χ0v) is 20.1. The third-order valence-corrected chi connectivity index (χ3v) is 6.23. The van der Waals surface area contributed by atoms with Gasteiger partial charge in [0.15, 0.2) is 0 Å². The van der Waals surface area contributed by atoms with E-state index in [1.807, 2.05) is 49.6 Å². The second-order valence-electron chi connectivity index (χ2n) is 8.17. The molecule has 2 amide bonds. The summed E-state index contributed by atoms with van der Waals surface area (Å²) in [5, 5.41) is 9.21. The minimum Gasteiger partial charge on any atom is -0.491 e. The Balaban J connectivity index is 1.60. The monoisotopic (exact) mass is 476 g/mol. The summed E-state index contributed by atoms with van der Waals surface area (Å²) in [4.78, 5) is 29.1. The van der Waals surface area contributed by atoms with Crippen LogP contribution in [0.15, 0.2) is 66.5 Å². The number of hydrogen-bond donors (Lipinski definition) is 3. The van der Waals surface area contributed by atoms with Gasteiger partial charge in [0.1, 0.15) is 5.75 Å². The van der Waals surface area contributed by atoms with Crippen molar-refractivity contribution in [3.8, 4) is 17.0 Å². The number of benzene rings is 1. The first-order chi connectivity index (χ1) is 16.5. The van der Waals surface area contributed by atoms with E-state index in [0.29, 0.717) is 31.0 Å². The topological polar surface area (TPSA) is 92.4 Å². The van der Waals surface area contributed by atoms with E-state index in [0.717, 1.165) is 39.4 Å². The zero-order valence-electron chi connectivity index (χ0n) is 19.3. The maximum absolute atomic E-state index is 12.5. The first-order valence-corrected chi connectivity index (χ1v) is 12.5. The van der Waals surface area contributed by atoms with Crippen LogP contribution in [-0.4, -0.2) is 48.0 Å². The number of nitrogens with one attached hydrogen (secondary N) is 3. The summed E-state index contributed by atoms with van der Waals surface area (Å²) < 4.78 is 5.85. The average Bonchev–Trinajstić information content (AvgIpc) is 3.23. The Kier molecular flexibility index (Phi) is 7.37. The molecule has 2 aromatic rings. The fraction of sp³-hybridized carbons (Fsp3) is 0.269. The van der Waals surface area contributed by atoms with E-state index in [2.05, 4.69) is 27.5 Å². The van der Waals surface area contributed by atoms with Gasteiger partial charge in [-0.15, -0.1) is 0 Å². The summed E-state index contributed by atoms with van der Waals surface area (Å²) in [6, 6.07) is 9.66. The van der Waals surface area contributed by atoms with Gasteiger partial charge in [0.2, 0.25) is 11.8 Å². The number of rotatable bonds is 8. The predicted octanol–water partition coefficient (Wildman–Crippen LogP) is 3.76. The molecular weight excluding hydrogens is 448 g/mol. The first-order valence-electron chi connectivity index (χ1n) is 11.1. The molecule has 7 nitrogen and oxygen atoms in total. The largest absolute Gasteiger partial charge is 0.491 e. The van der Waals surface area contributed by atoms with E-state index in [1.54, 1.807) is 18.0 Å². The highest BCUT2D eigenvalue weighted by Gasteiger charge is 2.26.